The first kappa shape index (κ1) is 13.0. The van der Waals surface area contributed by atoms with Crippen molar-refractivity contribution in [1.82, 2.24) is 0 Å². The van der Waals surface area contributed by atoms with Gasteiger partial charge in [-0.05, 0) is 48.9 Å². The van der Waals surface area contributed by atoms with Gasteiger partial charge in [0, 0.05) is 0 Å². The minimum atomic E-state index is 0.520. The largest absolute Gasteiger partial charge is 0.496 e. The molecule has 16 heavy (non-hydrogen) atoms. The van der Waals surface area contributed by atoms with E-state index in [9.17, 15) is 0 Å². The predicted octanol–water partition coefficient (Wildman–Crippen LogP) is 3.10. The first-order chi connectivity index (χ1) is 7.76. The van der Waals surface area contributed by atoms with E-state index in [2.05, 4.69) is 32.0 Å². The van der Waals surface area contributed by atoms with Gasteiger partial charge < -0.3 is 10.5 Å². The summed E-state index contributed by atoms with van der Waals surface area (Å²) in [7, 11) is 1.74. The Morgan fingerprint density at radius 2 is 2.06 bits per heavy atom. The minimum Gasteiger partial charge on any atom is -0.496 e. The zero-order valence-electron chi connectivity index (χ0n) is 10.6. The van der Waals surface area contributed by atoms with Gasteiger partial charge in [0.05, 0.1) is 7.11 Å². The van der Waals surface area contributed by atoms with Crippen LogP contribution in [0.1, 0.15) is 43.7 Å². The van der Waals surface area contributed by atoms with E-state index in [-0.39, 0.29) is 0 Å². The Morgan fingerprint density at radius 1 is 1.31 bits per heavy atom. The third kappa shape index (κ3) is 2.99. The molecule has 0 amide bonds. The van der Waals surface area contributed by atoms with Crippen molar-refractivity contribution in [2.75, 3.05) is 13.7 Å². The van der Waals surface area contributed by atoms with Crippen LogP contribution in [-0.4, -0.2) is 13.7 Å². The van der Waals surface area contributed by atoms with E-state index < -0.39 is 0 Å². The highest BCUT2D eigenvalue weighted by Gasteiger charge is 2.14. The van der Waals surface area contributed by atoms with E-state index in [1.807, 2.05) is 0 Å². The number of hydrogen-bond acceptors (Lipinski definition) is 2. The molecule has 0 bridgehead atoms. The molecule has 1 aromatic rings. The SMILES string of the molecule is CCc1ccc(OC)c(C(CC)CCN)c1. The van der Waals surface area contributed by atoms with Crippen LogP contribution in [0.2, 0.25) is 0 Å². The Balaban J connectivity index is 3.05. The summed E-state index contributed by atoms with van der Waals surface area (Å²) < 4.78 is 5.43. The maximum atomic E-state index is 5.66. The van der Waals surface area contributed by atoms with Gasteiger partial charge in [0.1, 0.15) is 5.75 Å². The van der Waals surface area contributed by atoms with Gasteiger partial charge >= 0.3 is 0 Å². The predicted molar refractivity (Wildman–Crippen MR) is 69.1 cm³/mol. The third-order valence-electron chi connectivity index (χ3n) is 3.15. The summed E-state index contributed by atoms with van der Waals surface area (Å²) in [5.74, 6) is 1.52. The van der Waals surface area contributed by atoms with Crippen LogP contribution in [0.4, 0.5) is 0 Å². The average Bonchev–Trinajstić information content (AvgIpc) is 2.35. The highest BCUT2D eigenvalue weighted by atomic mass is 16.5. The molecule has 0 aliphatic heterocycles. The Labute approximate surface area is 98.8 Å². The van der Waals surface area contributed by atoms with E-state index in [1.54, 1.807) is 7.11 Å². The van der Waals surface area contributed by atoms with Gasteiger partial charge in [-0.1, -0.05) is 26.0 Å². The highest BCUT2D eigenvalue weighted by Crippen LogP contribution is 2.32. The van der Waals surface area contributed by atoms with E-state index in [0.29, 0.717) is 5.92 Å². The lowest BCUT2D eigenvalue weighted by Crippen LogP contribution is -2.08. The highest BCUT2D eigenvalue weighted by molar-refractivity contribution is 5.39. The van der Waals surface area contributed by atoms with Crippen LogP contribution in [0.3, 0.4) is 0 Å². The fourth-order valence-electron chi connectivity index (χ4n) is 2.10. The van der Waals surface area contributed by atoms with Crippen molar-refractivity contribution in [3.05, 3.63) is 29.3 Å². The molecule has 0 saturated heterocycles. The molecule has 0 fully saturated rings. The maximum absolute atomic E-state index is 5.66. The van der Waals surface area contributed by atoms with Crippen molar-refractivity contribution in [3.63, 3.8) is 0 Å². The van der Waals surface area contributed by atoms with Gasteiger partial charge in [-0.3, -0.25) is 0 Å². The molecule has 1 rings (SSSR count). The Hall–Kier alpha value is -1.02. The number of ether oxygens (including phenoxy) is 1. The molecule has 1 aromatic carbocycles. The monoisotopic (exact) mass is 221 g/mol. The van der Waals surface area contributed by atoms with Crippen LogP contribution in [-0.2, 0) is 6.42 Å². The molecular weight excluding hydrogens is 198 g/mol. The lowest BCUT2D eigenvalue weighted by atomic mass is 9.91. The van der Waals surface area contributed by atoms with Gasteiger partial charge in [-0.2, -0.15) is 0 Å². The summed E-state index contributed by atoms with van der Waals surface area (Å²) in [5.41, 5.74) is 8.35. The Bertz CT molecular complexity index is 323. The summed E-state index contributed by atoms with van der Waals surface area (Å²) in [6, 6.07) is 6.48. The molecule has 1 atom stereocenters. The number of hydrogen-bond donors (Lipinski definition) is 1. The van der Waals surface area contributed by atoms with Crippen LogP contribution >= 0.6 is 0 Å². The second kappa shape index (κ2) is 6.54. The fraction of sp³-hybridized carbons (Fsp3) is 0.571. The fourth-order valence-corrected chi connectivity index (χ4v) is 2.10. The van der Waals surface area contributed by atoms with Gasteiger partial charge in [0.25, 0.3) is 0 Å². The van der Waals surface area contributed by atoms with Gasteiger partial charge in [-0.15, -0.1) is 0 Å². The Morgan fingerprint density at radius 3 is 2.56 bits per heavy atom. The summed E-state index contributed by atoms with van der Waals surface area (Å²) in [5, 5.41) is 0. The summed E-state index contributed by atoms with van der Waals surface area (Å²) in [4.78, 5) is 0. The van der Waals surface area contributed by atoms with E-state index in [0.717, 1.165) is 31.6 Å². The normalized spacial score (nSPS) is 12.5. The Kier molecular flexibility index (Phi) is 5.33. The van der Waals surface area contributed by atoms with Crippen molar-refractivity contribution in [2.24, 2.45) is 5.73 Å². The van der Waals surface area contributed by atoms with Crippen LogP contribution in [0.5, 0.6) is 5.75 Å². The quantitative estimate of drug-likeness (QED) is 0.801. The average molecular weight is 221 g/mol. The first-order valence-electron chi connectivity index (χ1n) is 6.13. The van der Waals surface area contributed by atoms with E-state index in [1.165, 1.54) is 11.1 Å². The zero-order valence-corrected chi connectivity index (χ0v) is 10.6. The number of rotatable bonds is 6. The van der Waals surface area contributed by atoms with E-state index in [4.69, 9.17) is 10.5 Å². The number of methoxy groups -OCH3 is 1. The topological polar surface area (TPSA) is 35.2 Å². The molecule has 0 aromatic heterocycles. The summed E-state index contributed by atoms with van der Waals surface area (Å²) in [6.07, 6.45) is 3.21. The molecule has 2 nitrogen and oxygen atoms in total. The van der Waals surface area contributed by atoms with Crippen molar-refractivity contribution < 1.29 is 4.74 Å². The van der Waals surface area contributed by atoms with Crippen molar-refractivity contribution in [2.45, 2.75) is 39.0 Å². The summed E-state index contributed by atoms with van der Waals surface area (Å²) in [6.45, 7) is 5.12. The summed E-state index contributed by atoms with van der Waals surface area (Å²) >= 11 is 0. The molecule has 0 heterocycles. The van der Waals surface area contributed by atoms with Gasteiger partial charge in [0.15, 0.2) is 0 Å². The molecule has 0 spiro atoms. The van der Waals surface area contributed by atoms with Crippen LogP contribution < -0.4 is 10.5 Å². The second-order valence-electron chi connectivity index (χ2n) is 4.11. The smallest absolute Gasteiger partial charge is 0.122 e. The molecule has 90 valence electrons. The first-order valence-corrected chi connectivity index (χ1v) is 6.13. The number of benzene rings is 1. The van der Waals surface area contributed by atoms with E-state index >= 15 is 0 Å². The zero-order chi connectivity index (χ0) is 12.0. The van der Waals surface area contributed by atoms with Crippen LogP contribution in [0.25, 0.3) is 0 Å². The molecule has 0 saturated carbocycles. The number of nitrogens with two attached hydrogens (primary N) is 1. The maximum Gasteiger partial charge on any atom is 0.122 e. The van der Waals surface area contributed by atoms with Gasteiger partial charge in [0.2, 0.25) is 0 Å². The minimum absolute atomic E-state index is 0.520. The molecule has 2 N–H and O–H groups in total. The molecule has 2 heteroatoms. The second-order valence-corrected chi connectivity index (χ2v) is 4.11. The van der Waals surface area contributed by atoms with Gasteiger partial charge in [-0.25, -0.2) is 0 Å². The van der Waals surface area contributed by atoms with Crippen molar-refractivity contribution in [3.8, 4) is 5.75 Å². The van der Waals surface area contributed by atoms with Crippen LogP contribution in [0.15, 0.2) is 18.2 Å². The molecule has 0 radical (unpaired) electrons. The molecule has 1 unspecified atom stereocenters. The van der Waals surface area contributed by atoms with Crippen molar-refractivity contribution in [1.29, 1.82) is 0 Å². The van der Waals surface area contributed by atoms with Crippen LogP contribution in [0, 0.1) is 0 Å². The third-order valence-corrected chi connectivity index (χ3v) is 3.15. The molecular formula is C14H23NO. The molecule has 0 aliphatic carbocycles. The standard InChI is InChI=1S/C14H23NO/c1-4-11-6-7-14(16-3)13(10-11)12(5-2)8-9-15/h6-7,10,12H,4-5,8-9,15H2,1-3H3. The number of aryl methyl sites for hydroxylation is 1. The lowest BCUT2D eigenvalue weighted by molar-refractivity contribution is 0.402. The molecule has 0 aliphatic rings. The lowest BCUT2D eigenvalue weighted by Gasteiger charge is -2.18. The van der Waals surface area contributed by atoms with Crippen molar-refractivity contribution >= 4 is 0 Å².